The van der Waals surface area contributed by atoms with E-state index >= 15 is 0 Å². The molecule has 2 rings (SSSR count). The molecule has 19 heavy (non-hydrogen) atoms. The van der Waals surface area contributed by atoms with Crippen molar-refractivity contribution in [2.24, 2.45) is 0 Å². The molecule has 1 aliphatic heterocycles. The highest BCUT2D eigenvalue weighted by Crippen LogP contribution is 2.15. The lowest BCUT2D eigenvalue weighted by atomic mass is 10.1. The number of aliphatic hydroxyl groups is 1. The molecular formula is C14H18N2O3. The van der Waals surface area contributed by atoms with E-state index in [0.717, 1.165) is 0 Å². The van der Waals surface area contributed by atoms with Gasteiger partial charge in [-0.05, 0) is 24.6 Å². The van der Waals surface area contributed by atoms with Gasteiger partial charge in [-0.15, -0.1) is 0 Å². The number of carbonyl (C=O) groups excluding carboxylic acids is 2. The second-order valence-corrected chi connectivity index (χ2v) is 4.97. The van der Waals surface area contributed by atoms with E-state index in [1.807, 2.05) is 0 Å². The van der Waals surface area contributed by atoms with Crippen molar-refractivity contribution in [3.05, 3.63) is 35.4 Å². The molecule has 1 aliphatic rings. The monoisotopic (exact) mass is 262 g/mol. The molecule has 1 atom stereocenters. The van der Waals surface area contributed by atoms with Crippen molar-refractivity contribution in [3.8, 4) is 0 Å². The zero-order chi connectivity index (χ0) is 14.0. The van der Waals surface area contributed by atoms with Gasteiger partial charge in [0, 0.05) is 38.3 Å². The number of likely N-dealkylation sites (tertiary alicyclic amines) is 1. The largest absolute Gasteiger partial charge is 0.391 e. The van der Waals surface area contributed by atoms with E-state index in [9.17, 15) is 14.7 Å². The van der Waals surface area contributed by atoms with Gasteiger partial charge in [-0.3, -0.25) is 9.59 Å². The second kappa shape index (κ2) is 5.40. The van der Waals surface area contributed by atoms with E-state index in [1.165, 1.54) is 4.90 Å². The number of amides is 2. The topological polar surface area (TPSA) is 60.9 Å². The standard InChI is InChI=1S/C14H18N2O3/c1-15(2)13(18)10-4-3-5-11(8-10)14(19)16-7-6-12(17)9-16/h3-5,8,12,17H,6-7,9H2,1-2H3/t12-/m1/s1. The lowest BCUT2D eigenvalue weighted by molar-refractivity contribution is 0.0765. The summed E-state index contributed by atoms with van der Waals surface area (Å²) in [5, 5.41) is 9.46. The van der Waals surface area contributed by atoms with Crippen molar-refractivity contribution in [1.82, 2.24) is 9.80 Å². The lowest BCUT2D eigenvalue weighted by Gasteiger charge is -2.16. The first-order chi connectivity index (χ1) is 8.99. The quantitative estimate of drug-likeness (QED) is 0.849. The Labute approximate surface area is 112 Å². The Balaban J connectivity index is 2.19. The molecule has 5 heteroatoms. The van der Waals surface area contributed by atoms with E-state index in [4.69, 9.17) is 0 Å². The van der Waals surface area contributed by atoms with Crippen LogP contribution >= 0.6 is 0 Å². The summed E-state index contributed by atoms with van der Waals surface area (Å²) in [6, 6.07) is 6.70. The van der Waals surface area contributed by atoms with Crippen molar-refractivity contribution in [1.29, 1.82) is 0 Å². The summed E-state index contributed by atoms with van der Waals surface area (Å²) in [6.45, 7) is 0.927. The molecular weight excluding hydrogens is 244 g/mol. The van der Waals surface area contributed by atoms with Crippen molar-refractivity contribution >= 4 is 11.8 Å². The highest BCUT2D eigenvalue weighted by molar-refractivity contribution is 5.99. The van der Waals surface area contributed by atoms with E-state index in [0.29, 0.717) is 30.6 Å². The molecule has 0 aliphatic carbocycles. The third-order valence-corrected chi connectivity index (χ3v) is 3.21. The molecule has 0 bridgehead atoms. The fourth-order valence-electron chi connectivity index (χ4n) is 2.15. The van der Waals surface area contributed by atoms with E-state index in [2.05, 4.69) is 0 Å². The first kappa shape index (κ1) is 13.5. The van der Waals surface area contributed by atoms with Gasteiger partial charge in [0.05, 0.1) is 6.10 Å². The number of nitrogens with zero attached hydrogens (tertiary/aromatic N) is 2. The maximum atomic E-state index is 12.2. The third-order valence-electron chi connectivity index (χ3n) is 3.21. The Morgan fingerprint density at radius 1 is 1.32 bits per heavy atom. The number of benzene rings is 1. The van der Waals surface area contributed by atoms with Crippen LogP contribution in [0.5, 0.6) is 0 Å². The van der Waals surface area contributed by atoms with Crippen LogP contribution in [0.15, 0.2) is 24.3 Å². The molecule has 1 saturated heterocycles. The first-order valence-electron chi connectivity index (χ1n) is 6.28. The summed E-state index contributed by atoms with van der Waals surface area (Å²) >= 11 is 0. The molecule has 1 fully saturated rings. The zero-order valence-electron chi connectivity index (χ0n) is 11.2. The predicted molar refractivity (Wildman–Crippen MR) is 71.0 cm³/mol. The van der Waals surface area contributed by atoms with Crippen LogP contribution in [-0.4, -0.2) is 60.0 Å². The van der Waals surface area contributed by atoms with Gasteiger partial charge in [0.1, 0.15) is 0 Å². The highest BCUT2D eigenvalue weighted by atomic mass is 16.3. The van der Waals surface area contributed by atoms with Gasteiger partial charge in [-0.1, -0.05) is 6.07 Å². The van der Waals surface area contributed by atoms with Gasteiger partial charge in [-0.25, -0.2) is 0 Å². The minimum Gasteiger partial charge on any atom is -0.391 e. The Kier molecular flexibility index (Phi) is 3.85. The molecule has 1 aromatic carbocycles. The fourth-order valence-corrected chi connectivity index (χ4v) is 2.15. The van der Waals surface area contributed by atoms with Crippen LogP contribution < -0.4 is 0 Å². The highest BCUT2D eigenvalue weighted by Gasteiger charge is 2.25. The molecule has 1 N–H and O–H groups in total. The Morgan fingerprint density at radius 2 is 2.00 bits per heavy atom. The van der Waals surface area contributed by atoms with Gasteiger partial charge in [0.25, 0.3) is 11.8 Å². The zero-order valence-corrected chi connectivity index (χ0v) is 11.2. The van der Waals surface area contributed by atoms with Gasteiger partial charge < -0.3 is 14.9 Å². The molecule has 1 aromatic rings. The molecule has 0 radical (unpaired) electrons. The second-order valence-electron chi connectivity index (χ2n) is 4.97. The summed E-state index contributed by atoms with van der Waals surface area (Å²) in [7, 11) is 3.35. The van der Waals surface area contributed by atoms with Crippen molar-refractivity contribution in [2.75, 3.05) is 27.2 Å². The smallest absolute Gasteiger partial charge is 0.253 e. The van der Waals surface area contributed by atoms with Gasteiger partial charge in [-0.2, -0.15) is 0 Å². The Hall–Kier alpha value is -1.88. The van der Waals surface area contributed by atoms with Crippen molar-refractivity contribution in [2.45, 2.75) is 12.5 Å². The molecule has 0 unspecified atom stereocenters. The number of rotatable bonds is 2. The van der Waals surface area contributed by atoms with Crippen LogP contribution in [0.4, 0.5) is 0 Å². The average molecular weight is 262 g/mol. The van der Waals surface area contributed by atoms with Gasteiger partial charge >= 0.3 is 0 Å². The maximum Gasteiger partial charge on any atom is 0.253 e. The molecule has 0 saturated carbocycles. The predicted octanol–water partition coefficient (Wildman–Crippen LogP) is 0.595. The summed E-state index contributed by atoms with van der Waals surface area (Å²) < 4.78 is 0. The third kappa shape index (κ3) is 2.93. The first-order valence-corrected chi connectivity index (χ1v) is 6.28. The maximum absolute atomic E-state index is 12.2. The van der Waals surface area contributed by atoms with Crippen LogP contribution in [0.25, 0.3) is 0 Å². The van der Waals surface area contributed by atoms with Crippen molar-refractivity contribution in [3.63, 3.8) is 0 Å². The van der Waals surface area contributed by atoms with Crippen LogP contribution in [0, 0.1) is 0 Å². The van der Waals surface area contributed by atoms with E-state index in [1.54, 1.807) is 43.3 Å². The summed E-state index contributed by atoms with van der Waals surface area (Å²) in [5.41, 5.74) is 0.984. The number of carbonyl (C=O) groups is 2. The Bertz CT molecular complexity index is 499. The lowest BCUT2D eigenvalue weighted by Crippen LogP contribution is -2.30. The van der Waals surface area contributed by atoms with Crippen LogP contribution in [0.3, 0.4) is 0 Å². The van der Waals surface area contributed by atoms with Crippen LogP contribution in [0.1, 0.15) is 27.1 Å². The van der Waals surface area contributed by atoms with Crippen LogP contribution in [-0.2, 0) is 0 Å². The number of aliphatic hydroxyl groups excluding tert-OH is 1. The number of hydrogen-bond donors (Lipinski definition) is 1. The normalized spacial score (nSPS) is 18.5. The minimum absolute atomic E-state index is 0.129. The SMILES string of the molecule is CN(C)C(=O)c1cccc(C(=O)N2CC[C@@H](O)C2)c1. The molecule has 1 heterocycles. The minimum atomic E-state index is -0.435. The summed E-state index contributed by atoms with van der Waals surface area (Å²) in [4.78, 5) is 27.2. The van der Waals surface area contributed by atoms with Gasteiger partial charge in [0.2, 0.25) is 0 Å². The molecule has 5 nitrogen and oxygen atoms in total. The number of hydrogen-bond acceptors (Lipinski definition) is 3. The van der Waals surface area contributed by atoms with E-state index in [-0.39, 0.29) is 11.8 Å². The summed E-state index contributed by atoms with van der Waals surface area (Å²) in [5.74, 6) is -0.263. The van der Waals surface area contributed by atoms with Crippen LogP contribution in [0.2, 0.25) is 0 Å². The molecule has 0 spiro atoms. The molecule has 102 valence electrons. The summed E-state index contributed by atoms with van der Waals surface area (Å²) in [6.07, 6.45) is 0.178. The fraction of sp³-hybridized carbons (Fsp3) is 0.429. The van der Waals surface area contributed by atoms with Gasteiger partial charge in [0.15, 0.2) is 0 Å². The average Bonchev–Trinajstić information content (AvgIpc) is 2.83. The number of β-amino-alcohol motifs (C(OH)–C–C–N with tert-alkyl or cyclic N) is 1. The molecule has 2 amide bonds. The van der Waals surface area contributed by atoms with Crippen molar-refractivity contribution < 1.29 is 14.7 Å². The van der Waals surface area contributed by atoms with E-state index < -0.39 is 6.10 Å². The Morgan fingerprint density at radius 3 is 2.58 bits per heavy atom. The molecule has 0 aromatic heterocycles.